The van der Waals surface area contributed by atoms with Crippen LogP contribution in [0.15, 0.2) is 36.4 Å². The molecule has 0 unspecified atom stereocenters. The number of benzene rings is 2. The molecule has 2 aliphatic heterocycles. The molecule has 0 aliphatic carbocycles. The fraction of sp³-hybridized carbons (Fsp3) is 0.143. The van der Waals surface area contributed by atoms with Crippen LogP contribution in [0.1, 0.15) is 0 Å². The van der Waals surface area contributed by atoms with Gasteiger partial charge in [0.05, 0.1) is 8.41 Å². The predicted molar refractivity (Wildman–Crippen MR) is 82.7 cm³/mol. The normalized spacial score (nSPS) is 14.0. The molecule has 2 heterocycles. The van der Waals surface area contributed by atoms with Crippen molar-refractivity contribution in [1.82, 2.24) is 0 Å². The van der Waals surface area contributed by atoms with Gasteiger partial charge in [0.1, 0.15) is 0 Å². The van der Waals surface area contributed by atoms with Crippen molar-refractivity contribution >= 4 is 27.6 Å². The molecular weight excluding hydrogens is 274 g/mol. The fourth-order valence-electron chi connectivity index (χ4n) is 2.12. The van der Waals surface area contributed by atoms with Gasteiger partial charge in [-0.2, -0.15) is 0 Å². The molecule has 0 N–H and O–H groups in total. The van der Waals surface area contributed by atoms with Crippen molar-refractivity contribution in [2.24, 2.45) is 0 Å². The van der Waals surface area contributed by atoms with Gasteiger partial charge in [0, 0.05) is 0 Å². The quantitative estimate of drug-likeness (QED) is 0.598. The third kappa shape index (κ3) is 2.29. The molecule has 0 saturated heterocycles. The highest BCUT2D eigenvalue weighted by atomic mass is 31.1. The lowest BCUT2D eigenvalue weighted by molar-refractivity contribution is 0.173. The van der Waals surface area contributed by atoms with Gasteiger partial charge in [-0.05, 0) is 34.9 Å². The average Bonchev–Trinajstić information content (AvgIpc) is 3.05. The Kier molecular flexibility index (Phi) is 3.45. The number of fused-ring (bicyclic) bond motifs is 2. The maximum Gasteiger partial charge on any atom is 0.231 e. The zero-order valence-electron chi connectivity index (χ0n) is 10.0. The van der Waals surface area contributed by atoms with Gasteiger partial charge in [0.15, 0.2) is 23.0 Å². The zero-order valence-corrected chi connectivity index (χ0v) is 11.0. The first-order valence-corrected chi connectivity index (χ1v) is 6.95. The summed E-state index contributed by atoms with van der Waals surface area (Å²) in [5.74, 6) is 3.29. The first-order valence-electron chi connectivity index (χ1n) is 5.95. The van der Waals surface area contributed by atoms with E-state index in [4.69, 9.17) is 18.9 Å². The lowest BCUT2D eigenvalue weighted by atomic mass is 10.3. The maximum absolute atomic E-state index is 5.39. The zero-order chi connectivity index (χ0) is 12.7. The highest BCUT2D eigenvalue weighted by Crippen LogP contribution is 2.34. The lowest BCUT2D eigenvalue weighted by Crippen LogP contribution is -2.03. The average molecular weight is 288 g/mol. The summed E-state index contributed by atoms with van der Waals surface area (Å²) in [4.78, 5) is 0. The minimum absolute atomic E-state index is 0. The number of hydrogen-bond donors (Lipinski definition) is 0. The van der Waals surface area contributed by atoms with E-state index in [1.54, 1.807) is 0 Å². The summed E-state index contributed by atoms with van der Waals surface area (Å²) < 4.78 is 21.4. The highest BCUT2D eigenvalue weighted by molar-refractivity contribution is 7.55. The molecule has 20 heavy (non-hydrogen) atoms. The molecule has 2 aliphatic rings. The molecule has 6 heteroatoms. The van der Waals surface area contributed by atoms with Gasteiger partial charge in [0.25, 0.3) is 0 Å². The largest absolute Gasteiger partial charge is 0.454 e. The molecule has 4 nitrogen and oxygen atoms in total. The predicted octanol–water partition coefficient (Wildman–Crippen LogP) is 0.589. The summed E-state index contributed by atoms with van der Waals surface area (Å²) in [7, 11) is 0.553. The Morgan fingerprint density at radius 2 is 1.10 bits per heavy atom. The van der Waals surface area contributed by atoms with Crippen molar-refractivity contribution in [3.05, 3.63) is 36.4 Å². The summed E-state index contributed by atoms with van der Waals surface area (Å²) in [5, 5.41) is 2.42. The minimum atomic E-state index is 0. The van der Waals surface area contributed by atoms with Gasteiger partial charge in [-0.25, -0.2) is 0 Å². The van der Waals surface area contributed by atoms with Crippen molar-refractivity contribution < 1.29 is 18.9 Å². The standard InChI is InChI=1S/C14H11O4P.BH3/c1-3-11-13(17-7-15-11)5-9(1)19-10-2-4-12-14(6-10)18-8-16-12;/h1-6,19H,7-8H2;1H3. The molecule has 0 aromatic heterocycles. The van der Waals surface area contributed by atoms with Crippen LogP contribution in [0.3, 0.4) is 0 Å². The molecule has 0 radical (unpaired) electrons. The second-order valence-electron chi connectivity index (χ2n) is 4.26. The summed E-state index contributed by atoms with van der Waals surface area (Å²) in [6, 6.07) is 12.1. The molecular formula is C14H14BO4P. The van der Waals surface area contributed by atoms with Crippen LogP contribution < -0.4 is 29.6 Å². The summed E-state index contributed by atoms with van der Waals surface area (Å²) >= 11 is 0. The van der Waals surface area contributed by atoms with E-state index in [0.717, 1.165) is 23.0 Å². The molecule has 102 valence electrons. The van der Waals surface area contributed by atoms with Crippen LogP contribution in [0.5, 0.6) is 23.0 Å². The minimum Gasteiger partial charge on any atom is -0.454 e. The van der Waals surface area contributed by atoms with Gasteiger partial charge < -0.3 is 18.9 Å². The van der Waals surface area contributed by atoms with Crippen LogP contribution >= 0.6 is 8.58 Å². The molecule has 0 fully saturated rings. The van der Waals surface area contributed by atoms with Gasteiger partial charge in [0.2, 0.25) is 13.6 Å². The Labute approximate surface area is 120 Å². The van der Waals surface area contributed by atoms with Crippen molar-refractivity contribution in [3.63, 3.8) is 0 Å². The first kappa shape index (κ1) is 13.1. The third-order valence-electron chi connectivity index (χ3n) is 3.03. The van der Waals surface area contributed by atoms with Crippen LogP contribution in [0, 0.1) is 0 Å². The molecule has 4 rings (SSSR count). The molecule has 0 bridgehead atoms. The van der Waals surface area contributed by atoms with Crippen LogP contribution in [0.2, 0.25) is 0 Å². The molecule has 0 atom stereocenters. The lowest BCUT2D eigenvalue weighted by Gasteiger charge is -2.05. The van der Waals surface area contributed by atoms with Crippen LogP contribution in [0.25, 0.3) is 0 Å². The van der Waals surface area contributed by atoms with Crippen molar-refractivity contribution in [2.45, 2.75) is 0 Å². The monoisotopic (exact) mass is 288 g/mol. The van der Waals surface area contributed by atoms with Crippen molar-refractivity contribution in [3.8, 4) is 23.0 Å². The Morgan fingerprint density at radius 1 is 0.650 bits per heavy atom. The second kappa shape index (κ2) is 5.26. The number of ether oxygens (including phenoxy) is 4. The SMILES string of the molecule is B.c1cc2c(cc1Pc1ccc3c(c1)OCO3)OCO2. The van der Waals surface area contributed by atoms with Crippen molar-refractivity contribution in [1.29, 1.82) is 0 Å². The second-order valence-corrected chi connectivity index (χ2v) is 5.67. The molecule has 0 spiro atoms. The Morgan fingerprint density at radius 3 is 1.60 bits per heavy atom. The Balaban J connectivity index is 0.00000121. The van der Waals surface area contributed by atoms with E-state index in [0.29, 0.717) is 22.2 Å². The first-order chi connectivity index (χ1) is 9.38. The van der Waals surface area contributed by atoms with E-state index in [2.05, 4.69) is 12.1 Å². The van der Waals surface area contributed by atoms with E-state index in [-0.39, 0.29) is 8.41 Å². The fourth-order valence-corrected chi connectivity index (χ4v) is 3.19. The molecule has 2 aromatic carbocycles. The van der Waals surface area contributed by atoms with Gasteiger partial charge in [-0.3, -0.25) is 0 Å². The van der Waals surface area contributed by atoms with Gasteiger partial charge in [-0.15, -0.1) is 0 Å². The maximum atomic E-state index is 5.39. The van der Waals surface area contributed by atoms with E-state index < -0.39 is 0 Å². The van der Waals surface area contributed by atoms with E-state index in [1.807, 2.05) is 24.3 Å². The Bertz CT molecular complexity index is 592. The third-order valence-corrected chi connectivity index (χ3v) is 4.23. The molecule has 2 aromatic rings. The molecule has 0 saturated carbocycles. The highest BCUT2D eigenvalue weighted by Gasteiger charge is 2.15. The smallest absolute Gasteiger partial charge is 0.231 e. The number of rotatable bonds is 2. The summed E-state index contributed by atoms with van der Waals surface area (Å²) in [6.07, 6.45) is 0. The summed E-state index contributed by atoms with van der Waals surface area (Å²) in [5.41, 5.74) is 0. The van der Waals surface area contributed by atoms with Gasteiger partial charge >= 0.3 is 0 Å². The topological polar surface area (TPSA) is 36.9 Å². The van der Waals surface area contributed by atoms with E-state index >= 15 is 0 Å². The number of hydrogen-bond acceptors (Lipinski definition) is 4. The van der Waals surface area contributed by atoms with Crippen LogP contribution in [0.4, 0.5) is 0 Å². The van der Waals surface area contributed by atoms with Crippen LogP contribution in [-0.4, -0.2) is 22.0 Å². The molecule has 0 amide bonds. The van der Waals surface area contributed by atoms with Crippen LogP contribution in [-0.2, 0) is 0 Å². The summed E-state index contributed by atoms with van der Waals surface area (Å²) in [6.45, 7) is 0.623. The van der Waals surface area contributed by atoms with Gasteiger partial charge in [-0.1, -0.05) is 20.7 Å². The van der Waals surface area contributed by atoms with Crippen molar-refractivity contribution in [2.75, 3.05) is 13.6 Å². The van der Waals surface area contributed by atoms with E-state index in [1.165, 1.54) is 10.6 Å². The van der Waals surface area contributed by atoms with E-state index in [9.17, 15) is 0 Å². The Hall–Kier alpha value is -1.87.